The van der Waals surface area contributed by atoms with Crippen molar-refractivity contribution >= 4 is 22.4 Å². The summed E-state index contributed by atoms with van der Waals surface area (Å²) in [4.78, 5) is 12.0. The molecule has 2 unspecified atom stereocenters. The van der Waals surface area contributed by atoms with Crippen LogP contribution in [0.2, 0.25) is 0 Å². The number of aryl methyl sites for hydroxylation is 2. The number of aromatic nitrogens is 2. The largest absolute Gasteiger partial charge is 0.395 e. The van der Waals surface area contributed by atoms with Gasteiger partial charge in [-0.1, -0.05) is 6.92 Å². The molecule has 7 heteroatoms. The number of hydrogen-bond donors (Lipinski definition) is 2. The minimum absolute atomic E-state index is 0.0888. The molecule has 0 radical (unpaired) electrons. The van der Waals surface area contributed by atoms with E-state index < -0.39 is 10.8 Å². The highest BCUT2D eigenvalue weighted by Crippen LogP contribution is 2.16. The monoisotopic (exact) mass is 272 g/mol. The maximum Gasteiger partial charge on any atom is 0.271 e. The van der Waals surface area contributed by atoms with Crippen molar-refractivity contribution in [2.75, 3.05) is 18.5 Å². The highest BCUT2D eigenvalue weighted by molar-refractivity contribution is 7.84. The van der Waals surface area contributed by atoms with E-state index in [1.54, 1.807) is 13.3 Å². The molecule has 0 bridgehead atoms. The van der Waals surface area contributed by atoms with E-state index in [0.29, 0.717) is 24.3 Å². The fourth-order valence-electron chi connectivity index (χ4n) is 1.56. The van der Waals surface area contributed by atoms with Crippen LogP contribution in [-0.2, 0) is 24.3 Å². The Hall–Kier alpha value is -1.37. The minimum atomic E-state index is -0.959. The van der Waals surface area contributed by atoms with Crippen LogP contribution in [0, 0.1) is 0 Å². The molecule has 1 heterocycles. The van der Waals surface area contributed by atoms with Crippen LogP contribution in [0.15, 0.2) is 0 Å². The Kier molecular flexibility index (Phi) is 4.89. The zero-order chi connectivity index (χ0) is 13.9. The van der Waals surface area contributed by atoms with E-state index in [1.165, 1.54) is 4.68 Å². The number of carbonyl (C=O) groups excluding carboxylic acids is 1. The predicted octanol–water partition coefficient (Wildman–Crippen LogP) is 0.0615. The maximum atomic E-state index is 12.0. The number of nitrogens with zero attached hydrogens (tertiary/aromatic N) is 2. The van der Waals surface area contributed by atoms with Gasteiger partial charge in [0, 0.05) is 35.9 Å². The Labute approximate surface area is 109 Å². The van der Waals surface area contributed by atoms with Gasteiger partial charge in [0.2, 0.25) is 0 Å². The molecule has 1 rings (SSSR count). The normalized spacial score (nSPS) is 14.2. The molecule has 0 aromatic carbocycles. The van der Waals surface area contributed by atoms with Gasteiger partial charge in [-0.2, -0.15) is 5.10 Å². The van der Waals surface area contributed by atoms with Crippen LogP contribution in [0.25, 0.3) is 0 Å². The first-order chi connectivity index (χ1) is 8.38. The highest BCUT2D eigenvalue weighted by Gasteiger charge is 2.19. The van der Waals surface area contributed by atoms with Gasteiger partial charge < -0.3 is 11.1 Å². The van der Waals surface area contributed by atoms with Crippen LogP contribution < -0.4 is 11.1 Å². The molecule has 3 N–H and O–H groups in total. The van der Waals surface area contributed by atoms with Gasteiger partial charge in [-0.15, -0.1) is 0 Å². The van der Waals surface area contributed by atoms with E-state index in [9.17, 15) is 9.00 Å². The molecule has 0 saturated carbocycles. The van der Waals surface area contributed by atoms with Gasteiger partial charge in [-0.25, -0.2) is 0 Å². The van der Waals surface area contributed by atoms with E-state index in [2.05, 4.69) is 10.4 Å². The molecule has 6 nitrogen and oxygen atoms in total. The van der Waals surface area contributed by atoms with E-state index >= 15 is 0 Å². The van der Waals surface area contributed by atoms with Crippen LogP contribution in [0.1, 0.15) is 30.0 Å². The number of carbonyl (C=O) groups is 1. The zero-order valence-electron chi connectivity index (χ0n) is 11.2. The van der Waals surface area contributed by atoms with Gasteiger partial charge in [-0.3, -0.25) is 13.7 Å². The summed E-state index contributed by atoms with van der Waals surface area (Å²) in [5.74, 6) is -0.278. The quantitative estimate of drug-likeness (QED) is 0.793. The van der Waals surface area contributed by atoms with Gasteiger partial charge in [0.1, 0.15) is 5.69 Å². The van der Waals surface area contributed by atoms with Gasteiger partial charge in [0.25, 0.3) is 5.91 Å². The highest BCUT2D eigenvalue weighted by atomic mass is 32.2. The second kappa shape index (κ2) is 5.99. The van der Waals surface area contributed by atoms with Gasteiger partial charge in [0.15, 0.2) is 0 Å². The lowest BCUT2D eigenvalue weighted by atomic mass is 10.2. The third kappa shape index (κ3) is 3.10. The number of anilines is 1. The minimum Gasteiger partial charge on any atom is -0.395 e. The van der Waals surface area contributed by atoms with Crippen molar-refractivity contribution in [3.05, 3.63) is 11.4 Å². The third-order valence-corrected chi connectivity index (χ3v) is 4.13. The molecule has 2 atom stereocenters. The van der Waals surface area contributed by atoms with E-state index in [4.69, 9.17) is 5.73 Å². The van der Waals surface area contributed by atoms with E-state index in [-0.39, 0.29) is 11.2 Å². The first-order valence-corrected chi connectivity index (χ1v) is 7.42. The van der Waals surface area contributed by atoms with Crippen molar-refractivity contribution in [2.45, 2.75) is 25.5 Å². The molecule has 1 aromatic rings. The Morgan fingerprint density at radius 1 is 1.61 bits per heavy atom. The molecule has 102 valence electrons. The summed E-state index contributed by atoms with van der Waals surface area (Å²) >= 11 is 0. The number of nitrogens with one attached hydrogen (secondary N) is 1. The lowest BCUT2D eigenvalue weighted by Gasteiger charge is -2.10. The molecule has 0 aliphatic rings. The molecule has 0 saturated heterocycles. The fourth-order valence-corrected chi connectivity index (χ4v) is 1.88. The van der Waals surface area contributed by atoms with Crippen molar-refractivity contribution in [3.8, 4) is 0 Å². The second-order valence-corrected chi connectivity index (χ2v) is 6.01. The summed E-state index contributed by atoms with van der Waals surface area (Å²) in [5.41, 5.74) is 7.38. The van der Waals surface area contributed by atoms with Crippen LogP contribution >= 0.6 is 0 Å². The average Bonchev–Trinajstić information content (AvgIpc) is 2.60. The van der Waals surface area contributed by atoms with Crippen molar-refractivity contribution in [1.82, 2.24) is 15.1 Å². The Bertz CT molecular complexity index is 470. The standard InChI is InChI=1S/C11H20N4O2S/c1-5-8-9(12)10(15(3)14-8)11(16)13-6-7(2)18(4)17/h7H,5-6,12H2,1-4H3,(H,13,16). The van der Waals surface area contributed by atoms with E-state index in [1.807, 2.05) is 13.8 Å². The van der Waals surface area contributed by atoms with Gasteiger partial charge in [0.05, 0.1) is 11.4 Å². The molecule has 1 aromatic heterocycles. The predicted molar refractivity (Wildman–Crippen MR) is 72.9 cm³/mol. The second-order valence-electron chi connectivity index (χ2n) is 4.21. The summed E-state index contributed by atoms with van der Waals surface area (Å²) in [6.45, 7) is 4.11. The smallest absolute Gasteiger partial charge is 0.271 e. The van der Waals surface area contributed by atoms with Crippen molar-refractivity contribution in [2.24, 2.45) is 7.05 Å². The number of nitrogens with two attached hydrogens (primary N) is 1. The third-order valence-electron chi connectivity index (χ3n) is 2.83. The van der Waals surface area contributed by atoms with Crippen LogP contribution in [-0.4, -0.2) is 37.9 Å². The average molecular weight is 272 g/mol. The topological polar surface area (TPSA) is 90.0 Å². The van der Waals surface area contributed by atoms with Crippen LogP contribution in [0.3, 0.4) is 0 Å². The summed E-state index contributed by atoms with van der Waals surface area (Å²) in [7, 11) is 0.728. The van der Waals surface area contributed by atoms with E-state index in [0.717, 1.165) is 5.69 Å². The Morgan fingerprint density at radius 3 is 2.67 bits per heavy atom. The Morgan fingerprint density at radius 2 is 2.22 bits per heavy atom. The molecular weight excluding hydrogens is 252 g/mol. The van der Waals surface area contributed by atoms with Crippen molar-refractivity contribution in [3.63, 3.8) is 0 Å². The molecular formula is C11H20N4O2S. The molecule has 0 spiro atoms. The number of nitrogen functional groups attached to an aromatic ring is 1. The SMILES string of the molecule is CCc1nn(C)c(C(=O)NCC(C)S(C)=O)c1N. The number of amides is 1. The van der Waals surface area contributed by atoms with Crippen LogP contribution in [0.5, 0.6) is 0 Å². The first-order valence-electron chi connectivity index (χ1n) is 5.80. The summed E-state index contributed by atoms with van der Waals surface area (Å²) < 4.78 is 12.7. The fraction of sp³-hybridized carbons (Fsp3) is 0.636. The van der Waals surface area contributed by atoms with Crippen molar-refractivity contribution < 1.29 is 9.00 Å². The summed E-state index contributed by atoms with van der Waals surface area (Å²) in [5, 5.41) is 6.82. The first kappa shape index (κ1) is 14.7. The number of rotatable bonds is 5. The number of hydrogen-bond acceptors (Lipinski definition) is 4. The maximum absolute atomic E-state index is 12.0. The van der Waals surface area contributed by atoms with Gasteiger partial charge in [-0.05, 0) is 13.3 Å². The molecule has 0 aliphatic carbocycles. The Balaban J connectivity index is 2.79. The molecule has 18 heavy (non-hydrogen) atoms. The molecule has 0 aliphatic heterocycles. The lowest BCUT2D eigenvalue weighted by molar-refractivity contribution is 0.0945. The summed E-state index contributed by atoms with van der Waals surface area (Å²) in [6, 6.07) is 0. The van der Waals surface area contributed by atoms with Crippen LogP contribution in [0.4, 0.5) is 5.69 Å². The lowest BCUT2D eigenvalue weighted by Crippen LogP contribution is -2.34. The van der Waals surface area contributed by atoms with Gasteiger partial charge >= 0.3 is 0 Å². The molecule has 0 fully saturated rings. The summed E-state index contributed by atoms with van der Waals surface area (Å²) in [6.07, 6.45) is 2.30. The molecule has 1 amide bonds. The van der Waals surface area contributed by atoms with Crippen molar-refractivity contribution in [1.29, 1.82) is 0 Å². The zero-order valence-corrected chi connectivity index (χ0v) is 12.0.